The fourth-order valence-corrected chi connectivity index (χ4v) is 6.39. The average molecular weight is 597 g/mol. The van der Waals surface area contributed by atoms with E-state index in [1.54, 1.807) is 37.1 Å². The summed E-state index contributed by atoms with van der Waals surface area (Å²) < 4.78 is 14.7. The number of para-hydroxylation sites is 1. The number of benzene rings is 3. The van der Waals surface area contributed by atoms with Gasteiger partial charge in [-0.05, 0) is 50.9 Å². The smallest absolute Gasteiger partial charge is 0.247 e. The highest BCUT2D eigenvalue weighted by Gasteiger charge is 2.44. The van der Waals surface area contributed by atoms with Gasteiger partial charge >= 0.3 is 0 Å². The molecule has 4 aromatic rings. The van der Waals surface area contributed by atoms with E-state index in [0.717, 1.165) is 17.5 Å². The zero-order valence-electron chi connectivity index (χ0n) is 24.9. The number of carbonyl (C=O) groups excluding carboxylic acids is 3. The Hall–Kier alpha value is -4.57. The molecule has 0 radical (unpaired) electrons. The summed E-state index contributed by atoms with van der Waals surface area (Å²) in [5.74, 6) is -0.324. The van der Waals surface area contributed by atoms with Gasteiger partial charge in [0, 0.05) is 30.3 Å². The number of imidazole rings is 1. The van der Waals surface area contributed by atoms with E-state index in [-0.39, 0.29) is 48.6 Å². The number of rotatable bonds is 7. The largest absolute Gasteiger partial charge is 0.341 e. The van der Waals surface area contributed by atoms with Crippen LogP contribution in [-0.2, 0) is 20.8 Å². The molecule has 2 saturated heterocycles. The number of halogens is 1. The van der Waals surface area contributed by atoms with E-state index in [2.05, 4.69) is 15.6 Å². The highest BCUT2D eigenvalue weighted by atomic mass is 19.1. The quantitative estimate of drug-likeness (QED) is 0.299. The van der Waals surface area contributed by atoms with E-state index in [1.165, 1.54) is 6.07 Å². The lowest BCUT2D eigenvalue weighted by Crippen LogP contribution is -2.60. The Morgan fingerprint density at radius 3 is 2.52 bits per heavy atom. The average Bonchev–Trinajstić information content (AvgIpc) is 3.66. The lowest BCUT2D eigenvalue weighted by atomic mass is 10.0. The SMILES string of the molecule is CN[C@@H](C)C(=O)N[C@H]1CN(C(=O)Cc2ccccc2)CC[C@H]2CC[C@@H](c3nc4c(-c5ccccc5F)cccc4[nH]3)N2C1=O. The number of nitrogens with zero attached hydrogens (tertiary/aromatic N) is 3. The van der Waals surface area contributed by atoms with Crippen LogP contribution in [0.3, 0.4) is 0 Å². The van der Waals surface area contributed by atoms with Crippen LogP contribution < -0.4 is 10.6 Å². The van der Waals surface area contributed by atoms with Crippen molar-refractivity contribution in [1.82, 2.24) is 30.4 Å². The van der Waals surface area contributed by atoms with E-state index in [1.807, 2.05) is 53.4 Å². The number of hydrogen-bond donors (Lipinski definition) is 3. The zero-order chi connectivity index (χ0) is 30.8. The number of H-pyrrole nitrogens is 1. The lowest BCUT2D eigenvalue weighted by Gasteiger charge is -2.39. The van der Waals surface area contributed by atoms with Gasteiger partial charge in [0.2, 0.25) is 17.7 Å². The molecule has 228 valence electrons. The molecular formula is C34H37FN6O3. The molecule has 0 spiro atoms. The summed E-state index contributed by atoms with van der Waals surface area (Å²) in [5.41, 5.74) is 3.44. The number of aromatic amines is 1. The van der Waals surface area contributed by atoms with Gasteiger partial charge in [0.15, 0.2) is 0 Å². The number of likely N-dealkylation sites (N-methyl/N-ethyl adjacent to an activating group) is 1. The highest BCUT2D eigenvalue weighted by Crippen LogP contribution is 2.39. The summed E-state index contributed by atoms with van der Waals surface area (Å²) in [7, 11) is 1.68. The summed E-state index contributed by atoms with van der Waals surface area (Å²) in [6, 6.07) is 19.8. The fourth-order valence-electron chi connectivity index (χ4n) is 6.39. The third-order valence-corrected chi connectivity index (χ3v) is 8.89. The molecule has 10 heteroatoms. The maximum Gasteiger partial charge on any atom is 0.247 e. The van der Waals surface area contributed by atoms with Gasteiger partial charge in [-0.3, -0.25) is 14.4 Å². The molecule has 0 bridgehead atoms. The van der Waals surface area contributed by atoms with Gasteiger partial charge in [0.1, 0.15) is 17.7 Å². The summed E-state index contributed by atoms with van der Waals surface area (Å²) >= 11 is 0. The third kappa shape index (κ3) is 5.81. The van der Waals surface area contributed by atoms with Crippen LogP contribution in [0.15, 0.2) is 72.8 Å². The topological polar surface area (TPSA) is 110 Å². The van der Waals surface area contributed by atoms with E-state index >= 15 is 0 Å². The summed E-state index contributed by atoms with van der Waals surface area (Å²) in [4.78, 5) is 52.7. The van der Waals surface area contributed by atoms with Gasteiger partial charge in [-0.15, -0.1) is 0 Å². The lowest BCUT2D eigenvalue weighted by molar-refractivity contribution is -0.143. The first-order valence-corrected chi connectivity index (χ1v) is 15.2. The first-order chi connectivity index (χ1) is 21.3. The van der Waals surface area contributed by atoms with Crippen molar-refractivity contribution < 1.29 is 18.8 Å². The number of hydrogen-bond acceptors (Lipinski definition) is 5. The second-order valence-corrected chi connectivity index (χ2v) is 11.7. The Balaban J connectivity index is 1.31. The molecule has 0 aliphatic carbocycles. The number of amides is 3. The molecular weight excluding hydrogens is 559 g/mol. The zero-order valence-corrected chi connectivity index (χ0v) is 24.9. The van der Waals surface area contributed by atoms with Crippen molar-refractivity contribution in [2.75, 3.05) is 20.1 Å². The van der Waals surface area contributed by atoms with Crippen molar-refractivity contribution in [2.45, 2.75) is 56.8 Å². The van der Waals surface area contributed by atoms with E-state index in [0.29, 0.717) is 41.9 Å². The van der Waals surface area contributed by atoms with Crippen LogP contribution in [-0.4, -0.2) is 75.8 Å². The van der Waals surface area contributed by atoms with Crippen LogP contribution in [0.4, 0.5) is 4.39 Å². The van der Waals surface area contributed by atoms with Crippen molar-refractivity contribution in [3.05, 3.63) is 90.0 Å². The Kier molecular flexibility index (Phi) is 8.43. The summed E-state index contributed by atoms with van der Waals surface area (Å²) in [6.07, 6.45) is 2.26. The van der Waals surface area contributed by atoms with Gasteiger partial charge < -0.3 is 25.4 Å². The maximum atomic E-state index is 14.7. The molecule has 3 aromatic carbocycles. The molecule has 9 nitrogen and oxygen atoms in total. The molecule has 0 saturated carbocycles. The first kappa shape index (κ1) is 29.5. The Morgan fingerprint density at radius 2 is 1.75 bits per heavy atom. The molecule has 2 fully saturated rings. The molecule has 44 heavy (non-hydrogen) atoms. The predicted molar refractivity (Wildman–Crippen MR) is 166 cm³/mol. The molecule has 2 aliphatic heterocycles. The molecule has 6 rings (SSSR count). The second-order valence-electron chi connectivity index (χ2n) is 11.7. The van der Waals surface area contributed by atoms with Crippen molar-refractivity contribution in [1.29, 1.82) is 0 Å². The van der Waals surface area contributed by atoms with Gasteiger partial charge in [-0.25, -0.2) is 9.37 Å². The minimum atomic E-state index is -0.917. The highest BCUT2D eigenvalue weighted by molar-refractivity contribution is 5.93. The number of fused-ring (bicyclic) bond motifs is 2. The van der Waals surface area contributed by atoms with Crippen LogP contribution in [0.25, 0.3) is 22.2 Å². The minimum Gasteiger partial charge on any atom is -0.341 e. The number of carbonyl (C=O) groups is 3. The molecule has 1 aromatic heterocycles. The molecule has 2 aliphatic rings. The Bertz CT molecular complexity index is 1670. The summed E-state index contributed by atoms with van der Waals surface area (Å²) in [6.45, 7) is 2.28. The van der Waals surface area contributed by atoms with Crippen LogP contribution in [0.2, 0.25) is 0 Å². The van der Waals surface area contributed by atoms with Gasteiger partial charge in [-0.1, -0.05) is 60.7 Å². The Morgan fingerprint density at radius 1 is 1.00 bits per heavy atom. The first-order valence-electron chi connectivity index (χ1n) is 15.2. The van der Waals surface area contributed by atoms with Crippen molar-refractivity contribution >= 4 is 28.8 Å². The monoisotopic (exact) mass is 596 g/mol. The molecule has 3 heterocycles. The van der Waals surface area contributed by atoms with Crippen LogP contribution in [0.5, 0.6) is 0 Å². The third-order valence-electron chi connectivity index (χ3n) is 8.89. The predicted octanol–water partition coefficient (Wildman–Crippen LogP) is 3.97. The van der Waals surface area contributed by atoms with Gasteiger partial charge in [0.05, 0.1) is 29.5 Å². The van der Waals surface area contributed by atoms with Crippen molar-refractivity contribution in [3.63, 3.8) is 0 Å². The fraction of sp³-hybridized carbons (Fsp3) is 0.353. The van der Waals surface area contributed by atoms with E-state index < -0.39 is 12.1 Å². The van der Waals surface area contributed by atoms with E-state index in [4.69, 9.17) is 4.98 Å². The van der Waals surface area contributed by atoms with Crippen LogP contribution in [0.1, 0.15) is 43.6 Å². The number of aromatic nitrogens is 2. The van der Waals surface area contributed by atoms with Crippen molar-refractivity contribution in [3.8, 4) is 11.1 Å². The van der Waals surface area contributed by atoms with Crippen LogP contribution in [0, 0.1) is 5.82 Å². The second kappa shape index (κ2) is 12.6. The molecule has 4 atom stereocenters. The molecule has 3 N–H and O–H groups in total. The van der Waals surface area contributed by atoms with Gasteiger partial charge in [-0.2, -0.15) is 0 Å². The molecule has 0 unspecified atom stereocenters. The van der Waals surface area contributed by atoms with Gasteiger partial charge in [0.25, 0.3) is 0 Å². The Labute approximate surface area is 255 Å². The summed E-state index contributed by atoms with van der Waals surface area (Å²) in [5, 5.41) is 5.85. The normalized spacial score (nSPS) is 21.1. The standard InChI is InChI=1S/C34H37FN6O3/c1-21(36-2)33(43)38-28-20-40(30(42)19-22-9-4-3-5-10-22)18-17-23-15-16-29(41(23)34(28)44)32-37-27-14-8-12-25(31(27)39-32)24-11-6-7-13-26(24)35/h3-14,21,23,28-29,36H,15-20H2,1-2H3,(H,37,39)(H,38,43)/t21-,23+,28-,29-/m0/s1. The maximum absolute atomic E-state index is 14.7. The van der Waals surface area contributed by atoms with E-state index in [9.17, 15) is 18.8 Å². The number of nitrogens with one attached hydrogen (secondary N) is 3. The van der Waals surface area contributed by atoms with Crippen LogP contribution >= 0.6 is 0 Å². The minimum absolute atomic E-state index is 0.0779. The van der Waals surface area contributed by atoms with Crippen molar-refractivity contribution in [2.24, 2.45) is 0 Å². The molecule has 3 amide bonds.